The van der Waals surface area contributed by atoms with Crippen LogP contribution in [0.2, 0.25) is 0 Å². The van der Waals surface area contributed by atoms with Crippen LogP contribution in [0.25, 0.3) is 0 Å². The van der Waals surface area contributed by atoms with E-state index in [1.807, 2.05) is 11.3 Å². The van der Waals surface area contributed by atoms with Crippen molar-refractivity contribution in [3.05, 3.63) is 21.9 Å². The zero-order valence-corrected chi connectivity index (χ0v) is 14.4. The Labute approximate surface area is 123 Å². The number of hydrogen-bond acceptors (Lipinski definition) is 2. The van der Waals surface area contributed by atoms with Gasteiger partial charge >= 0.3 is 0 Å². The summed E-state index contributed by atoms with van der Waals surface area (Å²) < 4.78 is 0. The van der Waals surface area contributed by atoms with E-state index in [9.17, 15) is 0 Å². The molecule has 0 radical (unpaired) electrons. The molecule has 0 saturated carbocycles. The van der Waals surface area contributed by atoms with Crippen LogP contribution in [0.5, 0.6) is 0 Å². The van der Waals surface area contributed by atoms with Crippen molar-refractivity contribution in [1.29, 1.82) is 0 Å². The maximum absolute atomic E-state index is 3.71. The number of hydrogen-bond donors (Lipinski definition) is 1. The lowest BCUT2D eigenvalue weighted by atomic mass is 9.78. The van der Waals surface area contributed by atoms with Crippen molar-refractivity contribution in [2.45, 2.75) is 72.8 Å². The quantitative estimate of drug-likeness (QED) is 0.737. The summed E-state index contributed by atoms with van der Waals surface area (Å²) in [6.07, 6.45) is 4.86. The van der Waals surface area contributed by atoms with E-state index in [1.165, 1.54) is 24.1 Å². The lowest BCUT2D eigenvalue weighted by molar-refractivity contribution is 0.221. The summed E-state index contributed by atoms with van der Waals surface area (Å²) in [5.41, 5.74) is 0.614. The highest BCUT2D eigenvalue weighted by Gasteiger charge is 2.28. The molecule has 19 heavy (non-hydrogen) atoms. The van der Waals surface area contributed by atoms with Gasteiger partial charge in [0.15, 0.2) is 0 Å². The molecule has 110 valence electrons. The van der Waals surface area contributed by atoms with Gasteiger partial charge in [0.1, 0.15) is 0 Å². The summed E-state index contributed by atoms with van der Waals surface area (Å²) in [7, 11) is 0. The monoisotopic (exact) mass is 281 g/mol. The third-order valence-electron chi connectivity index (χ3n) is 4.11. The van der Waals surface area contributed by atoms with Crippen molar-refractivity contribution < 1.29 is 0 Å². The van der Waals surface area contributed by atoms with Crippen molar-refractivity contribution in [3.8, 4) is 0 Å². The summed E-state index contributed by atoms with van der Waals surface area (Å²) in [4.78, 5) is 3.07. The first-order chi connectivity index (χ1) is 8.84. The molecular weight excluding hydrogens is 250 g/mol. The van der Waals surface area contributed by atoms with Gasteiger partial charge in [-0.15, -0.1) is 11.3 Å². The molecule has 0 unspecified atom stereocenters. The molecule has 0 amide bonds. The number of rotatable bonds is 7. The Hall–Kier alpha value is -0.340. The Balaban J connectivity index is 2.75. The van der Waals surface area contributed by atoms with Crippen molar-refractivity contribution >= 4 is 11.3 Å². The summed E-state index contributed by atoms with van der Waals surface area (Å²) >= 11 is 2.00. The molecule has 1 heterocycles. The minimum atomic E-state index is 0.208. The molecule has 0 aliphatic carbocycles. The first-order valence-corrected chi connectivity index (χ1v) is 8.48. The second kappa shape index (κ2) is 6.90. The molecule has 1 N–H and O–H groups in total. The van der Waals surface area contributed by atoms with Crippen molar-refractivity contribution in [2.75, 3.05) is 6.54 Å². The lowest BCUT2D eigenvalue weighted by Crippen LogP contribution is -2.44. The third-order valence-corrected chi connectivity index (χ3v) is 5.34. The van der Waals surface area contributed by atoms with Gasteiger partial charge in [-0.1, -0.05) is 20.8 Å². The topological polar surface area (TPSA) is 12.0 Å². The van der Waals surface area contributed by atoms with Crippen LogP contribution in [-0.2, 0) is 12.8 Å². The first-order valence-electron chi connectivity index (χ1n) is 7.67. The largest absolute Gasteiger partial charge is 0.312 e. The molecule has 0 aliphatic heterocycles. The van der Waals surface area contributed by atoms with E-state index in [2.05, 4.69) is 59.0 Å². The van der Waals surface area contributed by atoms with Crippen LogP contribution < -0.4 is 5.32 Å². The third kappa shape index (κ3) is 5.27. The van der Waals surface area contributed by atoms with E-state index in [1.54, 1.807) is 4.88 Å². The van der Waals surface area contributed by atoms with Gasteiger partial charge in [0.25, 0.3) is 0 Å². The molecular formula is C17H31NS. The van der Waals surface area contributed by atoms with Crippen LogP contribution in [0.15, 0.2) is 12.1 Å². The van der Waals surface area contributed by atoms with Gasteiger partial charge in [0.2, 0.25) is 0 Å². The predicted octanol–water partition coefficient (Wildman–Crippen LogP) is 5.05. The molecule has 2 heteroatoms. The fourth-order valence-corrected chi connectivity index (χ4v) is 3.47. The van der Waals surface area contributed by atoms with E-state index in [-0.39, 0.29) is 5.54 Å². The molecule has 0 aromatic carbocycles. The predicted molar refractivity (Wildman–Crippen MR) is 88.2 cm³/mol. The van der Waals surface area contributed by atoms with Crippen molar-refractivity contribution in [3.63, 3.8) is 0 Å². The molecule has 1 rings (SSSR count). The van der Waals surface area contributed by atoms with Crippen LogP contribution in [0.1, 0.15) is 64.1 Å². The van der Waals surface area contributed by atoms with Crippen LogP contribution in [0.4, 0.5) is 0 Å². The summed E-state index contributed by atoms with van der Waals surface area (Å²) in [5, 5.41) is 3.71. The molecule has 1 aromatic rings. The van der Waals surface area contributed by atoms with Gasteiger partial charge in [0, 0.05) is 21.8 Å². The fourth-order valence-electron chi connectivity index (χ4n) is 2.34. The zero-order chi connectivity index (χ0) is 14.5. The Morgan fingerprint density at radius 2 is 1.58 bits per heavy atom. The molecule has 0 atom stereocenters. The number of thiophene rings is 1. The highest BCUT2D eigenvalue weighted by molar-refractivity contribution is 7.11. The molecule has 0 bridgehead atoms. The molecule has 1 nitrogen and oxygen atoms in total. The highest BCUT2D eigenvalue weighted by Crippen LogP contribution is 2.33. The number of aryl methyl sites for hydroxylation is 1. The number of nitrogens with one attached hydrogen (secondary N) is 1. The van der Waals surface area contributed by atoms with Gasteiger partial charge in [-0.05, 0) is 64.0 Å². The SMILES string of the molecule is CCc1ccc(CC(CC)(CC)CNC(C)(C)C)s1. The van der Waals surface area contributed by atoms with E-state index in [0.717, 1.165) is 13.0 Å². The maximum Gasteiger partial charge on any atom is 0.00967 e. The molecule has 1 aromatic heterocycles. The lowest BCUT2D eigenvalue weighted by Gasteiger charge is -2.35. The minimum Gasteiger partial charge on any atom is -0.312 e. The van der Waals surface area contributed by atoms with Gasteiger partial charge < -0.3 is 5.32 Å². The fraction of sp³-hybridized carbons (Fsp3) is 0.765. The molecule has 0 spiro atoms. The van der Waals surface area contributed by atoms with Crippen molar-refractivity contribution in [1.82, 2.24) is 5.32 Å². The Morgan fingerprint density at radius 1 is 1.00 bits per heavy atom. The standard InChI is InChI=1S/C17H31NS/c1-7-14-10-11-15(19-14)12-17(8-2,9-3)13-18-16(4,5)6/h10-11,18H,7-9,12-13H2,1-6H3. The van der Waals surface area contributed by atoms with Crippen LogP contribution >= 0.6 is 11.3 Å². The minimum absolute atomic E-state index is 0.208. The average Bonchev–Trinajstić information content (AvgIpc) is 2.81. The second-order valence-electron chi connectivity index (χ2n) is 6.71. The Kier molecular flexibility index (Phi) is 6.07. The Morgan fingerprint density at radius 3 is 2.00 bits per heavy atom. The second-order valence-corrected chi connectivity index (χ2v) is 7.96. The van der Waals surface area contributed by atoms with E-state index in [4.69, 9.17) is 0 Å². The normalized spacial score (nSPS) is 12.9. The summed E-state index contributed by atoms with van der Waals surface area (Å²) in [5.74, 6) is 0. The van der Waals surface area contributed by atoms with Crippen LogP contribution in [0.3, 0.4) is 0 Å². The van der Waals surface area contributed by atoms with E-state index < -0.39 is 0 Å². The zero-order valence-electron chi connectivity index (χ0n) is 13.6. The van der Waals surface area contributed by atoms with Gasteiger partial charge in [0.05, 0.1) is 0 Å². The Bertz CT molecular complexity index is 369. The average molecular weight is 282 g/mol. The van der Waals surface area contributed by atoms with Gasteiger partial charge in [-0.3, -0.25) is 0 Å². The smallest absolute Gasteiger partial charge is 0.00967 e. The van der Waals surface area contributed by atoms with E-state index >= 15 is 0 Å². The summed E-state index contributed by atoms with van der Waals surface area (Å²) in [6, 6.07) is 4.63. The van der Waals surface area contributed by atoms with Gasteiger partial charge in [-0.2, -0.15) is 0 Å². The first kappa shape index (κ1) is 16.7. The molecule has 0 fully saturated rings. The molecule has 0 aliphatic rings. The maximum atomic E-state index is 3.71. The van der Waals surface area contributed by atoms with Gasteiger partial charge in [-0.25, -0.2) is 0 Å². The van der Waals surface area contributed by atoms with Crippen LogP contribution in [-0.4, -0.2) is 12.1 Å². The molecule has 0 saturated heterocycles. The van der Waals surface area contributed by atoms with Crippen molar-refractivity contribution in [2.24, 2.45) is 5.41 Å². The highest BCUT2D eigenvalue weighted by atomic mass is 32.1. The van der Waals surface area contributed by atoms with Crippen LogP contribution in [0, 0.1) is 5.41 Å². The summed E-state index contributed by atoms with van der Waals surface area (Å²) in [6.45, 7) is 14.8. The van der Waals surface area contributed by atoms with E-state index in [0.29, 0.717) is 5.41 Å².